The molecule has 0 aliphatic carbocycles. The van der Waals surface area contributed by atoms with Gasteiger partial charge in [-0.2, -0.15) is 0 Å². The topological polar surface area (TPSA) is 55.4 Å². The second kappa shape index (κ2) is 7.20. The molecule has 1 aromatic rings. The van der Waals surface area contributed by atoms with Gasteiger partial charge in [-0.1, -0.05) is 24.3 Å². The van der Waals surface area contributed by atoms with E-state index >= 15 is 0 Å². The van der Waals surface area contributed by atoms with Crippen LogP contribution in [0.5, 0.6) is 0 Å². The largest absolute Gasteiger partial charge is 0.380 e. The number of benzene rings is 1. The Morgan fingerprint density at radius 3 is 2.30 bits per heavy atom. The third kappa shape index (κ3) is 4.89. The van der Waals surface area contributed by atoms with E-state index in [0.717, 1.165) is 11.1 Å². The normalized spacial score (nSPS) is 12.6. The summed E-state index contributed by atoms with van der Waals surface area (Å²) in [5, 5.41) is 3.19. The van der Waals surface area contributed by atoms with Crippen molar-refractivity contribution in [2.24, 2.45) is 0 Å². The third-order valence-corrected chi connectivity index (χ3v) is 5.82. The first-order valence-electron chi connectivity index (χ1n) is 6.76. The van der Waals surface area contributed by atoms with Crippen molar-refractivity contribution in [1.29, 1.82) is 0 Å². The number of hydrogen-bond donors (Lipinski definition) is 1. The summed E-state index contributed by atoms with van der Waals surface area (Å²) in [7, 11) is -1.39. The van der Waals surface area contributed by atoms with Crippen LogP contribution in [0.2, 0.25) is 0 Å². The lowest BCUT2D eigenvalue weighted by atomic mass is 10.1. The maximum absolute atomic E-state index is 12.0. The number of rotatable bonds is 7. The number of sulfone groups is 1. The maximum Gasteiger partial charge on any atom is 0.156 e. The van der Waals surface area contributed by atoms with Gasteiger partial charge in [0.15, 0.2) is 9.84 Å². The Kier molecular flexibility index (Phi) is 6.17. The van der Waals surface area contributed by atoms with Crippen LogP contribution in [0, 0.1) is 0 Å². The Balaban J connectivity index is 2.50. The number of hydrogen-bond acceptors (Lipinski definition) is 4. The monoisotopic (exact) mass is 299 g/mol. The highest BCUT2D eigenvalue weighted by atomic mass is 32.2. The van der Waals surface area contributed by atoms with Crippen molar-refractivity contribution in [3.8, 4) is 0 Å². The number of ether oxygens (including phenoxy) is 1. The molecular weight excluding hydrogens is 274 g/mol. The predicted molar refractivity (Wildman–Crippen MR) is 82.4 cm³/mol. The van der Waals surface area contributed by atoms with E-state index in [1.165, 1.54) is 0 Å². The zero-order chi connectivity index (χ0) is 15.2. The van der Waals surface area contributed by atoms with Gasteiger partial charge in [-0.25, -0.2) is 8.42 Å². The molecular formula is C15H25NO3S. The number of methoxy groups -OCH3 is 1. The number of nitrogens with one attached hydrogen (secondary N) is 1. The molecule has 0 aliphatic heterocycles. The lowest BCUT2D eigenvalue weighted by Gasteiger charge is -2.19. The van der Waals surface area contributed by atoms with Crippen LogP contribution in [0.25, 0.3) is 0 Å². The van der Waals surface area contributed by atoms with Crippen LogP contribution < -0.4 is 5.32 Å². The fourth-order valence-electron chi connectivity index (χ4n) is 1.76. The molecule has 0 saturated carbocycles. The first kappa shape index (κ1) is 17.1. The lowest BCUT2D eigenvalue weighted by molar-refractivity contribution is 0.184. The highest BCUT2D eigenvalue weighted by Gasteiger charge is 2.27. The minimum absolute atomic E-state index is 0.156. The van der Waals surface area contributed by atoms with Gasteiger partial charge in [0.05, 0.1) is 17.1 Å². The molecule has 0 atom stereocenters. The Bertz CT molecular complexity index is 518. The average molecular weight is 299 g/mol. The van der Waals surface area contributed by atoms with E-state index in [-0.39, 0.29) is 5.75 Å². The van der Waals surface area contributed by atoms with Crippen molar-refractivity contribution in [3.05, 3.63) is 35.4 Å². The summed E-state index contributed by atoms with van der Waals surface area (Å²) >= 11 is 0. The van der Waals surface area contributed by atoms with Gasteiger partial charge in [-0.15, -0.1) is 0 Å². The van der Waals surface area contributed by atoms with Crippen LogP contribution in [0.4, 0.5) is 0 Å². The predicted octanol–water partition coefficient (Wildman–Crippen LogP) is 2.14. The van der Waals surface area contributed by atoms with Gasteiger partial charge in [-0.3, -0.25) is 0 Å². The van der Waals surface area contributed by atoms with Gasteiger partial charge < -0.3 is 10.1 Å². The van der Waals surface area contributed by atoms with Gasteiger partial charge >= 0.3 is 0 Å². The van der Waals surface area contributed by atoms with E-state index in [1.54, 1.807) is 27.9 Å². The summed E-state index contributed by atoms with van der Waals surface area (Å²) in [6.45, 7) is 6.88. The molecule has 0 amide bonds. The first-order valence-corrected chi connectivity index (χ1v) is 8.42. The minimum atomic E-state index is -3.06. The van der Waals surface area contributed by atoms with Crippen LogP contribution in [0.1, 0.15) is 31.9 Å². The van der Waals surface area contributed by atoms with Crippen LogP contribution in [0.3, 0.4) is 0 Å². The van der Waals surface area contributed by atoms with Gasteiger partial charge in [0.1, 0.15) is 0 Å². The van der Waals surface area contributed by atoms with Gasteiger partial charge in [0.25, 0.3) is 0 Å². The molecule has 1 aromatic carbocycles. The molecule has 0 heterocycles. The Hall–Kier alpha value is -0.910. The van der Waals surface area contributed by atoms with Gasteiger partial charge in [0.2, 0.25) is 0 Å². The summed E-state index contributed by atoms with van der Waals surface area (Å²) in [4.78, 5) is 0. The summed E-state index contributed by atoms with van der Waals surface area (Å²) in [6, 6.07) is 8.00. The Labute approximate surface area is 122 Å². The van der Waals surface area contributed by atoms with Crippen molar-refractivity contribution >= 4 is 9.84 Å². The van der Waals surface area contributed by atoms with E-state index in [2.05, 4.69) is 5.32 Å². The molecule has 5 heteroatoms. The zero-order valence-corrected chi connectivity index (χ0v) is 13.6. The lowest BCUT2D eigenvalue weighted by Crippen LogP contribution is -2.34. The molecule has 0 saturated heterocycles. The van der Waals surface area contributed by atoms with Crippen molar-refractivity contribution in [3.63, 3.8) is 0 Å². The SMILES string of the molecule is COCc1ccccc1CNCCS(=O)(=O)C(C)(C)C. The second-order valence-corrected chi connectivity index (χ2v) is 8.67. The molecule has 0 unspecified atom stereocenters. The molecule has 114 valence electrons. The molecule has 0 radical (unpaired) electrons. The van der Waals surface area contributed by atoms with E-state index in [4.69, 9.17) is 4.74 Å². The molecule has 1 N–H and O–H groups in total. The molecule has 0 aromatic heterocycles. The van der Waals surface area contributed by atoms with Crippen LogP contribution in [-0.2, 0) is 27.7 Å². The van der Waals surface area contributed by atoms with E-state index in [9.17, 15) is 8.42 Å². The van der Waals surface area contributed by atoms with Crippen molar-refractivity contribution < 1.29 is 13.2 Å². The molecule has 20 heavy (non-hydrogen) atoms. The van der Waals surface area contributed by atoms with Crippen LogP contribution in [0.15, 0.2) is 24.3 Å². The van der Waals surface area contributed by atoms with E-state index in [1.807, 2.05) is 24.3 Å². The molecule has 0 fully saturated rings. The molecule has 0 spiro atoms. The Morgan fingerprint density at radius 1 is 1.15 bits per heavy atom. The fourth-order valence-corrected chi connectivity index (χ4v) is 2.79. The van der Waals surface area contributed by atoms with Crippen molar-refractivity contribution in [2.45, 2.75) is 38.7 Å². The Morgan fingerprint density at radius 2 is 1.75 bits per heavy atom. The summed E-state index contributed by atoms with van der Waals surface area (Å²) in [6.07, 6.45) is 0. The summed E-state index contributed by atoms with van der Waals surface area (Å²) in [5.74, 6) is 0.156. The van der Waals surface area contributed by atoms with Crippen LogP contribution in [-0.4, -0.2) is 32.6 Å². The highest BCUT2D eigenvalue weighted by Crippen LogP contribution is 2.15. The summed E-state index contributed by atoms with van der Waals surface area (Å²) in [5.41, 5.74) is 2.27. The quantitative estimate of drug-likeness (QED) is 0.784. The first-order chi connectivity index (χ1) is 9.28. The third-order valence-electron chi connectivity index (χ3n) is 3.21. The van der Waals surface area contributed by atoms with E-state index < -0.39 is 14.6 Å². The van der Waals surface area contributed by atoms with Crippen molar-refractivity contribution in [1.82, 2.24) is 5.32 Å². The molecule has 4 nitrogen and oxygen atoms in total. The molecule has 0 bridgehead atoms. The summed E-state index contributed by atoms with van der Waals surface area (Å²) < 4.78 is 28.4. The average Bonchev–Trinajstić information content (AvgIpc) is 2.35. The molecule has 0 aliphatic rings. The highest BCUT2D eigenvalue weighted by molar-refractivity contribution is 7.92. The minimum Gasteiger partial charge on any atom is -0.380 e. The zero-order valence-electron chi connectivity index (χ0n) is 12.8. The second-order valence-electron chi connectivity index (χ2n) is 5.81. The smallest absolute Gasteiger partial charge is 0.156 e. The standard InChI is InChI=1S/C15H25NO3S/c1-15(2,3)20(17,18)10-9-16-11-13-7-5-6-8-14(13)12-19-4/h5-8,16H,9-12H2,1-4H3. The van der Waals surface area contributed by atoms with Crippen LogP contribution >= 0.6 is 0 Å². The fraction of sp³-hybridized carbons (Fsp3) is 0.600. The maximum atomic E-state index is 12.0. The van der Waals surface area contributed by atoms with E-state index in [0.29, 0.717) is 19.7 Å². The van der Waals surface area contributed by atoms with Gasteiger partial charge in [-0.05, 0) is 31.9 Å². The molecule has 1 rings (SSSR count). The van der Waals surface area contributed by atoms with Gasteiger partial charge in [0, 0.05) is 20.2 Å². The van der Waals surface area contributed by atoms with Crippen molar-refractivity contribution in [2.75, 3.05) is 19.4 Å².